The van der Waals surface area contributed by atoms with Gasteiger partial charge in [0, 0.05) is 17.5 Å². The molecule has 0 aliphatic carbocycles. The summed E-state index contributed by atoms with van der Waals surface area (Å²) in [7, 11) is 6.25. The molecule has 6 heteroatoms. The molecule has 0 radical (unpaired) electrons. The fourth-order valence-corrected chi connectivity index (χ4v) is 3.32. The van der Waals surface area contributed by atoms with Crippen LogP contribution in [-0.2, 0) is 11.3 Å². The minimum absolute atomic E-state index is 0.0296. The van der Waals surface area contributed by atoms with E-state index in [4.69, 9.17) is 18.9 Å². The van der Waals surface area contributed by atoms with Gasteiger partial charge in [-0.3, -0.25) is 4.79 Å². The lowest BCUT2D eigenvalue weighted by Crippen LogP contribution is -2.35. The Morgan fingerprint density at radius 1 is 0.966 bits per heavy atom. The standard InChI is InChI=1S/C23H25NO5/c1-14(2)23(25)24-13-16-11-17(26-3)9-7-15(16)8-10-18-19(24)12-20(27-4)22(29-6)21(18)28-5/h7,9,11-12,14H,13H2,1-6H3. The molecule has 6 nitrogen and oxygen atoms in total. The number of rotatable bonds is 5. The van der Waals surface area contributed by atoms with Gasteiger partial charge in [0.1, 0.15) is 5.75 Å². The maximum absolute atomic E-state index is 13.2. The minimum Gasteiger partial charge on any atom is -0.497 e. The number of fused-ring (bicyclic) bond motifs is 2. The topological polar surface area (TPSA) is 57.2 Å². The van der Waals surface area contributed by atoms with Crippen molar-refractivity contribution in [1.82, 2.24) is 0 Å². The SMILES string of the molecule is COc1ccc2c(c1)CN(C(=O)C(C)C)c1cc(OC)c(OC)c(OC)c1C#C2. The van der Waals surface area contributed by atoms with Crippen LogP contribution >= 0.6 is 0 Å². The lowest BCUT2D eigenvalue weighted by atomic mass is 10.00. The van der Waals surface area contributed by atoms with Crippen LogP contribution in [0.25, 0.3) is 0 Å². The van der Waals surface area contributed by atoms with E-state index in [2.05, 4.69) is 11.8 Å². The van der Waals surface area contributed by atoms with Crippen molar-refractivity contribution >= 4 is 11.6 Å². The second-order valence-electron chi connectivity index (χ2n) is 6.89. The molecule has 0 aromatic heterocycles. The van der Waals surface area contributed by atoms with Gasteiger partial charge in [-0.05, 0) is 23.8 Å². The molecule has 0 spiro atoms. The van der Waals surface area contributed by atoms with Gasteiger partial charge in [0.25, 0.3) is 0 Å². The number of benzene rings is 2. The number of hydrogen-bond acceptors (Lipinski definition) is 5. The molecule has 1 aliphatic heterocycles. The van der Waals surface area contributed by atoms with Crippen molar-refractivity contribution < 1.29 is 23.7 Å². The van der Waals surface area contributed by atoms with Crippen molar-refractivity contribution in [3.63, 3.8) is 0 Å². The molecule has 0 N–H and O–H groups in total. The summed E-state index contributed by atoms with van der Waals surface area (Å²) >= 11 is 0. The van der Waals surface area contributed by atoms with E-state index in [1.54, 1.807) is 39.4 Å². The van der Waals surface area contributed by atoms with Crippen LogP contribution in [0.1, 0.15) is 30.5 Å². The van der Waals surface area contributed by atoms with Crippen molar-refractivity contribution in [3.05, 3.63) is 41.0 Å². The summed E-state index contributed by atoms with van der Waals surface area (Å²) in [6, 6.07) is 7.44. The average Bonchev–Trinajstić information content (AvgIpc) is 2.73. The maximum Gasteiger partial charge on any atom is 0.229 e. The molecule has 0 saturated carbocycles. The molecule has 0 bridgehead atoms. The largest absolute Gasteiger partial charge is 0.497 e. The van der Waals surface area contributed by atoms with Crippen molar-refractivity contribution in [2.24, 2.45) is 5.92 Å². The molecule has 2 aromatic rings. The number of hydrogen-bond donors (Lipinski definition) is 0. The molecular weight excluding hydrogens is 370 g/mol. The fourth-order valence-electron chi connectivity index (χ4n) is 3.32. The molecule has 29 heavy (non-hydrogen) atoms. The number of carbonyl (C=O) groups is 1. The highest BCUT2D eigenvalue weighted by atomic mass is 16.5. The molecule has 1 aliphatic rings. The van der Waals surface area contributed by atoms with Crippen LogP contribution in [0.4, 0.5) is 5.69 Å². The summed E-state index contributed by atoms with van der Waals surface area (Å²) in [4.78, 5) is 14.9. The van der Waals surface area contributed by atoms with Gasteiger partial charge in [-0.15, -0.1) is 0 Å². The molecule has 0 unspecified atom stereocenters. The Labute approximate surface area is 171 Å². The summed E-state index contributed by atoms with van der Waals surface area (Å²) in [6.07, 6.45) is 0. The van der Waals surface area contributed by atoms with Crippen molar-refractivity contribution in [2.45, 2.75) is 20.4 Å². The average molecular weight is 395 g/mol. The first-order valence-electron chi connectivity index (χ1n) is 9.28. The summed E-state index contributed by atoms with van der Waals surface area (Å²) < 4.78 is 22.0. The summed E-state index contributed by atoms with van der Waals surface area (Å²) in [5.41, 5.74) is 2.94. The zero-order valence-electron chi connectivity index (χ0n) is 17.6. The number of methoxy groups -OCH3 is 4. The molecule has 3 rings (SSSR count). The van der Waals surface area contributed by atoms with Crippen LogP contribution in [0, 0.1) is 17.8 Å². The first-order valence-corrected chi connectivity index (χ1v) is 9.28. The quantitative estimate of drug-likeness (QED) is 0.724. The van der Waals surface area contributed by atoms with Crippen LogP contribution in [0.5, 0.6) is 23.0 Å². The first kappa shape index (κ1) is 20.4. The first-order chi connectivity index (χ1) is 13.9. The molecule has 1 heterocycles. The fraction of sp³-hybridized carbons (Fsp3) is 0.348. The lowest BCUT2D eigenvalue weighted by Gasteiger charge is -2.29. The third kappa shape index (κ3) is 3.68. The predicted octanol–water partition coefficient (Wildman–Crippen LogP) is 3.62. The molecule has 0 atom stereocenters. The van der Waals surface area contributed by atoms with Crippen LogP contribution in [0.15, 0.2) is 24.3 Å². The summed E-state index contributed by atoms with van der Waals surface area (Å²) in [5, 5.41) is 0. The van der Waals surface area contributed by atoms with Crippen molar-refractivity contribution in [1.29, 1.82) is 0 Å². The highest BCUT2D eigenvalue weighted by molar-refractivity contribution is 5.97. The van der Waals surface area contributed by atoms with Crippen LogP contribution in [-0.4, -0.2) is 34.3 Å². The molecule has 152 valence electrons. The van der Waals surface area contributed by atoms with Gasteiger partial charge in [-0.1, -0.05) is 25.7 Å². The van der Waals surface area contributed by atoms with Gasteiger partial charge < -0.3 is 23.8 Å². The van der Waals surface area contributed by atoms with E-state index in [0.717, 1.165) is 11.1 Å². The smallest absolute Gasteiger partial charge is 0.229 e. The summed E-state index contributed by atoms with van der Waals surface area (Å²) in [6.45, 7) is 4.09. The Hall–Kier alpha value is -3.33. The highest BCUT2D eigenvalue weighted by Gasteiger charge is 2.29. The molecule has 2 aromatic carbocycles. The van der Waals surface area contributed by atoms with Gasteiger partial charge in [0.15, 0.2) is 11.5 Å². The third-order valence-electron chi connectivity index (χ3n) is 4.82. The number of anilines is 1. The van der Waals surface area contributed by atoms with Gasteiger partial charge in [0.05, 0.1) is 46.2 Å². The van der Waals surface area contributed by atoms with E-state index in [1.165, 1.54) is 0 Å². The predicted molar refractivity (Wildman–Crippen MR) is 111 cm³/mol. The zero-order valence-corrected chi connectivity index (χ0v) is 17.6. The Morgan fingerprint density at radius 2 is 1.69 bits per heavy atom. The van der Waals surface area contributed by atoms with E-state index in [9.17, 15) is 4.79 Å². The number of ether oxygens (including phenoxy) is 4. The normalized spacial score (nSPS) is 12.0. The maximum atomic E-state index is 13.2. The van der Waals surface area contributed by atoms with Gasteiger partial charge in [0.2, 0.25) is 11.7 Å². The van der Waals surface area contributed by atoms with Gasteiger partial charge in [-0.2, -0.15) is 0 Å². The molecule has 0 saturated heterocycles. The molecular formula is C23H25NO5. The number of carbonyl (C=O) groups excluding carboxylic acids is 1. The second-order valence-corrected chi connectivity index (χ2v) is 6.89. The Bertz CT molecular complexity index is 1000. The molecule has 1 amide bonds. The van der Waals surface area contributed by atoms with Crippen LogP contribution in [0.2, 0.25) is 0 Å². The number of nitrogens with zero attached hydrogens (tertiary/aromatic N) is 1. The highest BCUT2D eigenvalue weighted by Crippen LogP contribution is 2.46. The zero-order chi connectivity index (χ0) is 21.1. The van der Waals surface area contributed by atoms with E-state index >= 15 is 0 Å². The van der Waals surface area contributed by atoms with Crippen molar-refractivity contribution in [3.8, 4) is 34.8 Å². The Balaban J connectivity index is 2.34. The van der Waals surface area contributed by atoms with E-state index in [-0.39, 0.29) is 11.8 Å². The van der Waals surface area contributed by atoms with Crippen LogP contribution in [0.3, 0.4) is 0 Å². The number of amides is 1. The Kier molecular flexibility index (Phi) is 5.88. The minimum atomic E-state index is -0.205. The van der Waals surface area contributed by atoms with Gasteiger partial charge in [-0.25, -0.2) is 0 Å². The molecule has 0 fully saturated rings. The van der Waals surface area contributed by atoms with Gasteiger partial charge >= 0.3 is 0 Å². The van der Waals surface area contributed by atoms with E-state index < -0.39 is 0 Å². The van der Waals surface area contributed by atoms with Crippen molar-refractivity contribution in [2.75, 3.05) is 33.3 Å². The van der Waals surface area contributed by atoms with E-state index in [0.29, 0.717) is 40.8 Å². The van der Waals surface area contributed by atoms with E-state index in [1.807, 2.05) is 32.0 Å². The Morgan fingerprint density at radius 3 is 2.28 bits per heavy atom. The third-order valence-corrected chi connectivity index (χ3v) is 4.82. The summed E-state index contributed by atoms with van der Waals surface area (Å²) in [5.74, 6) is 8.22. The lowest BCUT2D eigenvalue weighted by molar-refractivity contribution is -0.121. The second kappa shape index (κ2) is 8.36. The van der Waals surface area contributed by atoms with Crippen LogP contribution < -0.4 is 23.8 Å². The monoisotopic (exact) mass is 395 g/mol.